The van der Waals surface area contributed by atoms with E-state index in [2.05, 4.69) is 26.3 Å². The van der Waals surface area contributed by atoms with Crippen LogP contribution in [0.3, 0.4) is 0 Å². The lowest BCUT2D eigenvalue weighted by Gasteiger charge is -2.18. The quantitative estimate of drug-likeness (QED) is 0.671. The first-order valence-electron chi connectivity index (χ1n) is 5.91. The van der Waals surface area contributed by atoms with Crippen molar-refractivity contribution in [2.75, 3.05) is 0 Å². The Balaban J connectivity index is 2.26. The highest BCUT2D eigenvalue weighted by Gasteiger charge is 2.14. The molecule has 0 fully saturated rings. The number of aryl methyl sites for hydroxylation is 1. The Morgan fingerprint density at radius 2 is 2.21 bits per heavy atom. The summed E-state index contributed by atoms with van der Waals surface area (Å²) in [6, 6.07) is 6.67. The fraction of sp³-hybridized carbons (Fsp3) is 0.214. The molecule has 5 heteroatoms. The summed E-state index contributed by atoms with van der Waals surface area (Å²) in [5.41, 5.74) is 5.77. The summed E-state index contributed by atoms with van der Waals surface area (Å²) in [5, 5.41) is 0. The SMILES string of the molecule is Cc1ccncc1C(Cc1cc(F)cc(Br)c1)NN. The Kier molecular flexibility index (Phi) is 4.63. The lowest BCUT2D eigenvalue weighted by molar-refractivity contribution is 0.544. The van der Waals surface area contributed by atoms with Crippen LogP contribution in [-0.2, 0) is 6.42 Å². The predicted molar refractivity (Wildman–Crippen MR) is 76.8 cm³/mol. The fourth-order valence-electron chi connectivity index (χ4n) is 2.06. The molecule has 0 aliphatic rings. The first-order valence-corrected chi connectivity index (χ1v) is 6.71. The molecule has 0 radical (unpaired) electrons. The van der Waals surface area contributed by atoms with Gasteiger partial charge in [0.1, 0.15) is 5.82 Å². The van der Waals surface area contributed by atoms with Crippen LogP contribution >= 0.6 is 15.9 Å². The molecule has 0 aliphatic heterocycles. The van der Waals surface area contributed by atoms with E-state index in [1.54, 1.807) is 12.4 Å². The number of halogens is 2. The number of aromatic nitrogens is 1. The monoisotopic (exact) mass is 323 g/mol. The van der Waals surface area contributed by atoms with Gasteiger partial charge in [-0.2, -0.15) is 0 Å². The molecule has 2 aromatic rings. The van der Waals surface area contributed by atoms with E-state index in [1.165, 1.54) is 12.1 Å². The van der Waals surface area contributed by atoms with E-state index >= 15 is 0 Å². The zero-order valence-electron chi connectivity index (χ0n) is 10.5. The second-order valence-corrected chi connectivity index (χ2v) is 5.35. The topological polar surface area (TPSA) is 50.9 Å². The Bertz CT molecular complexity index is 554. The normalized spacial score (nSPS) is 12.4. The van der Waals surface area contributed by atoms with Crippen LogP contribution in [0.5, 0.6) is 0 Å². The summed E-state index contributed by atoms with van der Waals surface area (Å²) in [4.78, 5) is 4.11. The maximum Gasteiger partial charge on any atom is 0.124 e. The van der Waals surface area contributed by atoms with Crippen LogP contribution < -0.4 is 11.3 Å². The molecule has 0 bridgehead atoms. The number of hydrogen-bond acceptors (Lipinski definition) is 3. The van der Waals surface area contributed by atoms with Gasteiger partial charge in [-0.05, 0) is 54.3 Å². The van der Waals surface area contributed by atoms with Gasteiger partial charge in [0.05, 0.1) is 6.04 Å². The molecule has 3 N–H and O–H groups in total. The number of benzene rings is 1. The second-order valence-electron chi connectivity index (χ2n) is 4.43. The molecule has 1 aromatic carbocycles. The summed E-state index contributed by atoms with van der Waals surface area (Å²) < 4.78 is 14.1. The van der Waals surface area contributed by atoms with Crippen molar-refractivity contribution in [3.8, 4) is 0 Å². The molecular formula is C14H15BrFN3. The number of rotatable bonds is 4. The number of nitrogens with two attached hydrogens (primary N) is 1. The van der Waals surface area contributed by atoms with Crippen LogP contribution in [0.1, 0.15) is 22.7 Å². The third-order valence-corrected chi connectivity index (χ3v) is 3.48. The van der Waals surface area contributed by atoms with E-state index in [0.717, 1.165) is 21.2 Å². The Labute approximate surface area is 120 Å². The standard InChI is InChI=1S/C14H15BrFN3/c1-9-2-3-18-8-13(9)14(19-17)6-10-4-11(15)7-12(16)5-10/h2-5,7-8,14,19H,6,17H2,1H3. The van der Waals surface area contributed by atoms with E-state index in [9.17, 15) is 4.39 Å². The van der Waals surface area contributed by atoms with Crippen molar-refractivity contribution >= 4 is 15.9 Å². The molecule has 19 heavy (non-hydrogen) atoms. The Morgan fingerprint density at radius 1 is 1.42 bits per heavy atom. The highest BCUT2D eigenvalue weighted by Crippen LogP contribution is 2.23. The molecule has 1 atom stereocenters. The third kappa shape index (κ3) is 3.59. The molecule has 0 aliphatic carbocycles. The molecule has 0 amide bonds. The molecular weight excluding hydrogens is 309 g/mol. The molecule has 0 saturated heterocycles. The summed E-state index contributed by atoms with van der Waals surface area (Å²) in [6.07, 6.45) is 4.12. The van der Waals surface area contributed by atoms with Gasteiger partial charge in [-0.25, -0.2) is 4.39 Å². The van der Waals surface area contributed by atoms with Gasteiger partial charge < -0.3 is 0 Å². The van der Waals surface area contributed by atoms with E-state index in [0.29, 0.717) is 6.42 Å². The zero-order chi connectivity index (χ0) is 13.8. The van der Waals surface area contributed by atoms with Gasteiger partial charge in [0, 0.05) is 16.9 Å². The van der Waals surface area contributed by atoms with E-state index in [4.69, 9.17) is 5.84 Å². The zero-order valence-corrected chi connectivity index (χ0v) is 12.1. The minimum Gasteiger partial charge on any atom is -0.271 e. The van der Waals surface area contributed by atoms with Crippen LogP contribution in [0.15, 0.2) is 41.1 Å². The minimum atomic E-state index is -0.261. The third-order valence-electron chi connectivity index (χ3n) is 3.02. The molecule has 100 valence electrons. The van der Waals surface area contributed by atoms with Crippen LogP contribution in [0.25, 0.3) is 0 Å². The van der Waals surface area contributed by atoms with Crippen molar-refractivity contribution in [3.63, 3.8) is 0 Å². The molecule has 1 heterocycles. The number of nitrogens with one attached hydrogen (secondary N) is 1. The van der Waals surface area contributed by atoms with Crippen LogP contribution in [0.2, 0.25) is 0 Å². The molecule has 1 unspecified atom stereocenters. The van der Waals surface area contributed by atoms with E-state index in [-0.39, 0.29) is 11.9 Å². The number of hydrazine groups is 1. The summed E-state index contributed by atoms with van der Waals surface area (Å²) in [7, 11) is 0. The van der Waals surface area contributed by atoms with Crippen molar-refractivity contribution < 1.29 is 4.39 Å². The largest absolute Gasteiger partial charge is 0.271 e. The van der Waals surface area contributed by atoms with Gasteiger partial charge in [0.2, 0.25) is 0 Å². The lowest BCUT2D eigenvalue weighted by Crippen LogP contribution is -2.30. The first-order chi connectivity index (χ1) is 9.10. The number of pyridine rings is 1. The molecule has 0 spiro atoms. The van der Waals surface area contributed by atoms with Crippen LogP contribution in [-0.4, -0.2) is 4.98 Å². The smallest absolute Gasteiger partial charge is 0.124 e. The first kappa shape index (κ1) is 14.1. The Morgan fingerprint density at radius 3 is 2.84 bits per heavy atom. The average Bonchev–Trinajstić information content (AvgIpc) is 2.36. The van der Waals surface area contributed by atoms with E-state index in [1.807, 2.05) is 19.1 Å². The van der Waals surface area contributed by atoms with Gasteiger partial charge in [-0.3, -0.25) is 16.3 Å². The van der Waals surface area contributed by atoms with Crippen molar-refractivity contribution in [1.29, 1.82) is 0 Å². The second kappa shape index (κ2) is 6.23. The van der Waals surface area contributed by atoms with Crippen molar-refractivity contribution in [2.24, 2.45) is 5.84 Å². The summed E-state index contributed by atoms with van der Waals surface area (Å²) in [5.74, 6) is 5.35. The van der Waals surface area contributed by atoms with Crippen molar-refractivity contribution in [2.45, 2.75) is 19.4 Å². The maximum atomic E-state index is 13.4. The molecule has 1 aromatic heterocycles. The predicted octanol–water partition coefficient (Wildman–Crippen LogP) is 3.04. The number of hydrogen-bond donors (Lipinski definition) is 2. The van der Waals surface area contributed by atoms with Crippen molar-refractivity contribution in [1.82, 2.24) is 10.4 Å². The number of nitrogens with zero attached hydrogens (tertiary/aromatic N) is 1. The molecule has 0 saturated carbocycles. The van der Waals surface area contributed by atoms with Gasteiger partial charge >= 0.3 is 0 Å². The van der Waals surface area contributed by atoms with E-state index < -0.39 is 0 Å². The van der Waals surface area contributed by atoms with Gasteiger partial charge in [-0.1, -0.05) is 15.9 Å². The molecule has 3 nitrogen and oxygen atoms in total. The van der Waals surface area contributed by atoms with Gasteiger partial charge in [0.25, 0.3) is 0 Å². The van der Waals surface area contributed by atoms with Crippen LogP contribution in [0, 0.1) is 12.7 Å². The van der Waals surface area contributed by atoms with Gasteiger partial charge in [0.15, 0.2) is 0 Å². The lowest BCUT2D eigenvalue weighted by atomic mass is 9.97. The minimum absolute atomic E-state index is 0.0950. The fourth-order valence-corrected chi connectivity index (χ4v) is 2.58. The van der Waals surface area contributed by atoms with Crippen LogP contribution in [0.4, 0.5) is 4.39 Å². The summed E-state index contributed by atoms with van der Waals surface area (Å²) in [6.45, 7) is 2.00. The van der Waals surface area contributed by atoms with Gasteiger partial charge in [-0.15, -0.1) is 0 Å². The maximum absolute atomic E-state index is 13.4. The van der Waals surface area contributed by atoms with Crippen molar-refractivity contribution in [3.05, 3.63) is 63.6 Å². The highest BCUT2D eigenvalue weighted by molar-refractivity contribution is 9.10. The Hall–Kier alpha value is -1.30. The molecule has 2 rings (SSSR count). The highest BCUT2D eigenvalue weighted by atomic mass is 79.9. The average molecular weight is 324 g/mol. The summed E-state index contributed by atoms with van der Waals surface area (Å²) >= 11 is 3.29.